The molecule has 0 amide bonds. The van der Waals surface area contributed by atoms with Crippen molar-refractivity contribution in [2.45, 2.75) is 13.8 Å². The van der Waals surface area contributed by atoms with Crippen LogP contribution in [0, 0.1) is 13.8 Å². The van der Waals surface area contributed by atoms with E-state index in [9.17, 15) is 0 Å². The van der Waals surface area contributed by atoms with Crippen molar-refractivity contribution in [3.8, 4) is 22.6 Å². The molecule has 130 valence electrons. The lowest BCUT2D eigenvalue weighted by atomic mass is 9.91. The summed E-state index contributed by atoms with van der Waals surface area (Å²) >= 11 is 0. The highest BCUT2D eigenvalue weighted by molar-refractivity contribution is 6.10. The molecular formula is C24H22O2. The van der Waals surface area contributed by atoms with E-state index in [1.165, 1.54) is 32.7 Å². The highest BCUT2D eigenvalue weighted by Crippen LogP contribution is 2.45. The van der Waals surface area contributed by atoms with Crippen molar-refractivity contribution >= 4 is 21.5 Å². The van der Waals surface area contributed by atoms with Gasteiger partial charge in [-0.2, -0.15) is 0 Å². The van der Waals surface area contributed by atoms with E-state index in [4.69, 9.17) is 9.47 Å². The molecule has 26 heavy (non-hydrogen) atoms. The predicted molar refractivity (Wildman–Crippen MR) is 109 cm³/mol. The molecule has 0 saturated heterocycles. The standard InChI is InChI=1S/C24H22O2/c1-15-5-9-19-17(13-15)7-11-21(25-3)23(19)24-20-10-6-16(2)14-18(20)8-12-22(24)26-4/h5-14H,1-4H3. The van der Waals surface area contributed by atoms with Crippen LogP contribution in [0.15, 0.2) is 60.7 Å². The third kappa shape index (κ3) is 2.59. The van der Waals surface area contributed by atoms with Crippen LogP contribution in [-0.2, 0) is 0 Å². The van der Waals surface area contributed by atoms with Gasteiger partial charge in [-0.15, -0.1) is 0 Å². The second-order valence-corrected chi connectivity index (χ2v) is 6.73. The molecule has 0 aromatic heterocycles. The lowest BCUT2D eigenvalue weighted by Crippen LogP contribution is -1.95. The third-order valence-electron chi connectivity index (χ3n) is 4.96. The zero-order valence-corrected chi connectivity index (χ0v) is 15.6. The molecule has 0 aliphatic rings. The van der Waals surface area contributed by atoms with Crippen LogP contribution < -0.4 is 9.47 Å². The van der Waals surface area contributed by atoms with Gasteiger partial charge in [-0.1, -0.05) is 59.7 Å². The zero-order chi connectivity index (χ0) is 18.3. The second-order valence-electron chi connectivity index (χ2n) is 6.73. The fraction of sp³-hybridized carbons (Fsp3) is 0.167. The molecule has 2 heteroatoms. The summed E-state index contributed by atoms with van der Waals surface area (Å²) in [7, 11) is 3.45. The smallest absolute Gasteiger partial charge is 0.127 e. The molecule has 0 aliphatic heterocycles. The number of rotatable bonds is 3. The van der Waals surface area contributed by atoms with Crippen LogP contribution in [0.25, 0.3) is 32.7 Å². The van der Waals surface area contributed by atoms with Gasteiger partial charge in [0.1, 0.15) is 11.5 Å². The van der Waals surface area contributed by atoms with Crippen LogP contribution in [-0.4, -0.2) is 14.2 Å². The first-order valence-corrected chi connectivity index (χ1v) is 8.77. The first-order valence-electron chi connectivity index (χ1n) is 8.77. The Morgan fingerprint density at radius 2 is 0.962 bits per heavy atom. The molecule has 0 atom stereocenters. The van der Waals surface area contributed by atoms with Gasteiger partial charge in [0.15, 0.2) is 0 Å². The maximum Gasteiger partial charge on any atom is 0.127 e. The van der Waals surface area contributed by atoms with E-state index < -0.39 is 0 Å². The SMILES string of the molecule is COc1ccc2cc(C)ccc2c1-c1c(OC)ccc2cc(C)ccc12. The Balaban J connectivity index is 2.19. The second kappa shape index (κ2) is 6.38. The summed E-state index contributed by atoms with van der Waals surface area (Å²) in [5.41, 5.74) is 4.65. The van der Waals surface area contributed by atoms with Gasteiger partial charge in [-0.3, -0.25) is 0 Å². The monoisotopic (exact) mass is 342 g/mol. The molecule has 4 aromatic rings. The Morgan fingerprint density at radius 1 is 0.538 bits per heavy atom. The van der Waals surface area contributed by atoms with Crippen molar-refractivity contribution < 1.29 is 9.47 Å². The molecule has 0 spiro atoms. The van der Waals surface area contributed by atoms with Crippen molar-refractivity contribution in [1.82, 2.24) is 0 Å². The zero-order valence-electron chi connectivity index (χ0n) is 15.6. The normalized spacial score (nSPS) is 11.1. The van der Waals surface area contributed by atoms with E-state index in [0.717, 1.165) is 22.6 Å². The van der Waals surface area contributed by atoms with E-state index >= 15 is 0 Å². The fourth-order valence-corrected chi connectivity index (χ4v) is 3.71. The molecule has 0 aliphatic carbocycles. The molecule has 0 N–H and O–H groups in total. The summed E-state index contributed by atoms with van der Waals surface area (Å²) in [5.74, 6) is 1.71. The molecule has 0 unspecified atom stereocenters. The topological polar surface area (TPSA) is 18.5 Å². The van der Waals surface area contributed by atoms with E-state index in [0.29, 0.717) is 0 Å². The number of benzene rings is 4. The van der Waals surface area contributed by atoms with Crippen LogP contribution in [0.2, 0.25) is 0 Å². The minimum atomic E-state index is 0.854. The molecule has 0 fully saturated rings. The highest BCUT2D eigenvalue weighted by Gasteiger charge is 2.18. The molecule has 4 rings (SSSR count). The van der Waals surface area contributed by atoms with Crippen molar-refractivity contribution in [2.75, 3.05) is 14.2 Å². The van der Waals surface area contributed by atoms with Gasteiger partial charge in [-0.05, 0) is 47.5 Å². The molecular weight excluding hydrogens is 320 g/mol. The van der Waals surface area contributed by atoms with Gasteiger partial charge in [0.05, 0.1) is 14.2 Å². The van der Waals surface area contributed by atoms with E-state index in [1.807, 2.05) is 12.1 Å². The summed E-state index contributed by atoms with van der Waals surface area (Å²) in [6.07, 6.45) is 0. The van der Waals surface area contributed by atoms with Gasteiger partial charge < -0.3 is 9.47 Å². The first kappa shape index (κ1) is 16.5. The van der Waals surface area contributed by atoms with Crippen LogP contribution >= 0.6 is 0 Å². The number of aryl methyl sites for hydroxylation is 2. The molecule has 2 nitrogen and oxygen atoms in total. The molecule has 0 bridgehead atoms. The Kier molecular flexibility index (Phi) is 4.04. The van der Waals surface area contributed by atoms with Gasteiger partial charge in [0, 0.05) is 11.1 Å². The molecule has 0 radical (unpaired) electrons. The van der Waals surface area contributed by atoms with Crippen LogP contribution in [0.1, 0.15) is 11.1 Å². The summed E-state index contributed by atoms with van der Waals surface area (Å²) in [6.45, 7) is 4.23. The van der Waals surface area contributed by atoms with Gasteiger partial charge in [0.25, 0.3) is 0 Å². The van der Waals surface area contributed by atoms with Gasteiger partial charge in [0.2, 0.25) is 0 Å². The van der Waals surface area contributed by atoms with Crippen molar-refractivity contribution in [3.05, 3.63) is 71.8 Å². The maximum absolute atomic E-state index is 5.75. The summed E-state index contributed by atoms with van der Waals surface area (Å²) in [6, 6.07) is 21.4. The number of methoxy groups -OCH3 is 2. The van der Waals surface area contributed by atoms with Crippen LogP contribution in [0.5, 0.6) is 11.5 Å². The Labute approximate surface area is 154 Å². The van der Waals surface area contributed by atoms with Crippen molar-refractivity contribution in [2.24, 2.45) is 0 Å². The fourth-order valence-electron chi connectivity index (χ4n) is 3.71. The minimum Gasteiger partial charge on any atom is -0.496 e. The van der Waals surface area contributed by atoms with E-state index in [2.05, 4.69) is 62.4 Å². The third-order valence-corrected chi connectivity index (χ3v) is 4.96. The maximum atomic E-state index is 5.75. The Bertz CT molecular complexity index is 1030. The van der Waals surface area contributed by atoms with E-state index in [1.54, 1.807) is 14.2 Å². The highest BCUT2D eigenvalue weighted by atomic mass is 16.5. The van der Waals surface area contributed by atoms with Crippen molar-refractivity contribution in [1.29, 1.82) is 0 Å². The minimum absolute atomic E-state index is 0.854. The Morgan fingerprint density at radius 3 is 1.35 bits per heavy atom. The predicted octanol–water partition coefficient (Wildman–Crippen LogP) is 6.29. The Hall–Kier alpha value is -3.00. The largest absolute Gasteiger partial charge is 0.496 e. The molecule has 0 saturated carbocycles. The number of hydrogen-bond acceptors (Lipinski definition) is 2. The summed E-state index contributed by atoms with van der Waals surface area (Å²) in [5, 5.41) is 4.74. The van der Waals surface area contributed by atoms with Crippen LogP contribution in [0.4, 0.5) is 0 Å². The summed E-state index contributed by atoms with van der Waals surface area (Å²) in [4.78, 5) is 0. The average Bonchev–Trinajstić information content (AvgIpc) is 2.65. The average molecular weight is 342 g/mol. The number of ether oxygens (including phenoxy) is 2. The lowest BCUT2D eigenvalue weighted by Gasteiger charge is -2.18. The van der Waals surface area contributed by atoms with Crippen molar-refractivity contribution in [3.63, 3.8) is 0 Å². The number of hydrogen-bond donors (Lipinski definition) is 0. The lowest BCUT2D eigenvalue weighted by molar-refractivity contribution is 0.411. The number of fused-ring (bicyclic) bond motifs is 2. The van der Waals surface area contributed by atoms with E-state index in [-0.39, 0.29) is 0 Å². The molecule has 0 heterocycles. The molecule has 4 aromatic carbocycles. The van der Waals surface area contributed by atoms with Crippen LogP contribution in [0.3, 0.4) is 0 Å². The quantitative estimate of drug-likeness (QED) is 0.435. The van der Waals surface area contributed by atoms with Gasteiger partial charge >= 0.3 is 0 Å². The van der Waals surface area contributed by atoms with Gasteiger partial charge in [-0.25, -0.2) is 0 Å². The summed E-state index contributed by atoms with van der Waals surface area (Å²) < 4.78 is 11.5. The first-order chi connectivity index (χ1) is 12.6.